The van der Waals surface area contributed by atoms with E-state index in [-0.39, 0.29) is 11.8 Å². The maximum atomic E-state index is 12.4. The molecule has 0 spiro atoms. The molecular formula is C20H21N5OS. The molecule has 3 heterocycles. The number of benzene rings is 1. The van der Waals surface area contributed by atoms with Crippen molar-refractivity contribution in [2.75, 3.05) is 18.0 Å². The van der Waals surface area contributed by atoms with E-state index in [1.54, 1.807) is 12.4 Å². The van der Waals surface area contributed by atoms with Crippen molar-refractivity contribution < 1.29 is 4.79 Å². The van der Waals surface area contributed by atoms with Crippen molar-refractivity contribution in [2.45, 2.75) is 19.4 Å². The third-order valence-electron chi connectivity index (χ3n) is 4.77. The van der Waals surface area contributed by atoms with Gasteiger partial charge in [-0.1, -0.05) is 36.4 Å². The van der Waals surface area contributed by atoms with Gasteiger partial charge in [0.2, 0.25) is 11.0 Å². The SMILES string of the molecule is O=C(NCc1cccnc1)C1CCN(c2nc(-c3ccccc3)ns2)CC1. The molecule has 3 aromatic rings. The number of hydrogen-bond acceptors (Lipinski definition) is 6. The van der Waals surface area contributed by atoms with E-state index < -0.39 is 0 Å². The first kappa shape index (κ1) is 17.6. The number of carbonyl (C=O) groups excluding carboxylic acids is 1. The fourth-order valence-corrected chi connectivity index (χ4v) is 3.96. The summed E-state index contributed by atoms with van der Waals surface area (Å²) in [7, 11) is 0. The van der Waals surface area contributed by atoms with Gasteiger partial charge in [0.25, 0.3) is 0 Å². The molecule has 0 atom stereocenters. The second-order valence-electron chi connectivity index (χ2n) is 6.61. The molecule has 7 heteroatoms. The molecule has 0 unspecified atom stereocenters. The van der Waals surface area contributed by atoms with Gasteiger partial charge in [-0.15, -0.1) is 0 Å². The van der Waals surface area contributed by atoms with Crippen LogP contribution in [-0.2, 0) is 11.3 Å². The predicted molar refractivity (Wildman–Crippen MR) is 106 cm³/mol. The maximum Gasteiger partial charge on any atom is 0.223 e. The number of piperidine rings is 1. The van der Waals surface area contributed by atoms with E-state index in [4.69, 9.17) is 0 Å². The normalized spacial score (nSPS) is 14.9. The van der Waals surface area contributed by atoms with Crippen LogP contribution < -0.4 is 10.2 Å². The largest absolute Gasteiger partial charge is 0.352 e. The third-order valence-corrected chi connectivity index (χ3v) is 5.55. The number of nitrogens with zero attached hydrogens (tertiary/aromatic N) is 4. The monoisotopic (exact) mass is 379 g/mol. The van der Waals surface area contributed by atoms with Gasteiger partial charge in [-0.05, 0) is 24.5 Å². The van der Waals surface area contributed by atoms with Gasteiger partial charge in [-0.2, -0.15) is 9.36 Å². The van der Waals surface area contributed by atoms with Crippen LogP contribution in [-0.4, -0.2) is 33.3 Å². The van der Waals surface area contributed by atoms with Crippen LogP contribution in [0.15, 0.2) is 54.9 Å². The first-order valence-corrected chi connectivity index (χ1v) is 9.87. The van der Waals surface area contributed by atoms with Crippen LogP contribution in [0.3, 0.4) is 0 Å². The Kier molecular flexibility index (Phi) is 5.39. The van der Waals surface area contributed by atoms with Crippen molar-refractivity contribution in [1.82, 2.24) is 19.7 Å². The predicted octanol–water partition coefficient (Wildman–Crippen LogP) is 3.13. The lowest BCUT2D eigenvalue weighted by atomic mass is 9.96. The topological polar surface area (TPSA) is 71.0 Å². The molecule has 1 amide bonds. The van der Waals surface area contributed by atoms with Gasteiger partial charge in [0.1, 0.15) is 0 Å². The first-order valence-electron chi connectivity index (χ1n) is 9.10. The molecule has 1 saturated heterocycles. The summed E-state index contributed by atoms with van der Waals surface area (Å²) in [6, 6.07) is 13.9. The zero-order valence-corrected chi connectivity index (χ0v) is 15.7. The van der Waals surface area contributed by atoms with E-state index in [0.29, 0.717) is 6.54 Å². The highest BCUT2D eigenvalue weighted by atomic mass is 32.1. The zero-order chi connectivity index (χ0) is 18.5. The summed E-state index contributed by atoms with van der Waals surface area (Å²) in [6.45, 7) is 2.19. The summed E-state index contributed by atoms with van der Waals surface area (Å²) in [5, 5.41) is 3.96. The Bertz CT molecular complexity index is 876. The minimum absolute atomic E-state index is 0.0550. The molecular weight excluding hydrogens is 358 g/mol. The number of hydrogen-bond donors (Lipinski definition) is 1. The van der Waals surface area contributed by atoms with Gasteiger partial charge in [0, 0.05) is 55.0 Å². The van der Waals surface area contributed by atoms with Gasteiger partial charge in [-0.3, -0.25) is 9.78 Å². The van der Waals surface area contributed by atoms with E-state index in [1.807, 2.05) is 42.5 Å². The number of carbonyl (C=O) groups is 1. The Labute approximate surface area is 162 Å². The third kappa shape index (κ3) is 4.31. The molecule has 2 aromatic heterocycles. The Morgan fingerprint density at radius 2 is 1.96 bits per heavy atom. The van der Waals surface area contributed by atoms with E-state index in [9.17, 15) is 4.79 Å². The second-order valence-corrected chi connectivity index (χ2v) is 7.34. The Hall–Kier alpha value is -2.80. The molecule has 1 fully saturated rings. The molecule has 138 valence electrons. The average molecular weight is 379 g/mol. The lowest BCUT2D eigenvalue weighted by molar-refractivity contribution is -0.125. The fraction of sp³-hybridized carbons (Fsp3) is 0.300. The van der Waals surface area contributed by atoms with Crippen LogP contribution >= 0.6 is 11.5 Å². The van der Waals surface area contributed by atoms with Gasteiger partial charge >= 0.3 is 0 Å². The molecule has 6 nitrogen and oxygen atoms in total. The second kappa shape index (κ2) is 8.26. The van der Waals surface area contributed by atoms with Gasteiger partial charge < -0.3 is 10.2 Å². The van der Waals surface area contributed by atoms with Crippen LogP contribution in [0.1, 0.15) is 18.4 Å². The quantitative estimate of drug-likeness (QED) is 0.737. The Morgan fingerprint density at radius 1 is 1.15 bits per heavy atom. The summed E-state index contributed by atoms with van der Waals surface area (Å²) >= 11 is 1.43. The van der Waals surface area contributed by atoms with Crippen LogP contribution in [0.5, 0.6) is 0 Å². The average Bonchev–Trinajstić information content (AvgIpc) is 3.24. The zero-order valence-electron chi connectivity index (χ0n) is 14.9. The minimum atomic E-state index is 0.0550. The molecule has 0 aliphatic carbocycles. The summed E-state index contributed by atoms with van der Waals surface area (Å²) in [5.74, 6) is 0.951. The van der Waals surface area contributed by atoms with Crippen molar-refractivity contribution in [3.8, 4) is 11.4 Å². The lowest BCUT2D eigenvalue weighted by Crippen LogP contribution is -2.40. The first-order chi connectivity index (χ1) is 13.3. The molecule has 1 aliphatic rings. The standard InChI is InChI=1S/C20H21N5OS/c26-19(22-14-15-5-4-10-21-13-15)17-8-11-25(12-9-17)20-23-18(24-27-20)16-6-2-1-3-7-16/h1-7,10,13,17H,8-9,11-12,14H2,(H,22,26). The molecule has 0 saturated carbocycles. The van der Waals surface area contributed by atoms with Crippen molar-refractivity contribution in [3.05, 3.63) is 60.4 Å². The summed E-state index contributed by atoms with van der Waals surface area (Å²) in [4.78, 5) is 23.4. The van der Waals surface area contributed by atoms with Crippen LogP contribution in [0, 0.1) is 5.92 Å². The van der Waals surface area contributed by atoms with Gasteiger partial charge in [-0.25, -0.2) is 0 Å². The Balaban J connectivity index is 1.30. The van der Waals surface area contributed by atoms with Crippen LogP contribution in [0.2, 0.25) is 0 Å². The fourth-order valence-electron chi connectivity index (χ4n) is 3.22. The van der Waals surface area contributed by atoms with E-state index in [2.05, 4.69) is 24.6 Å². The summed E-state index contributed by atoms with van der Waals surface area (Å²) in [5.41, 5.74) is 2.05. The molecule has 27 heavy (non-hydrogen) atoms. The number of rotatable bonds is 5. The van der Waals surface area contributed by atoms with Crippen molar-refractivity contribution in [1.29, 1.82) is 0 Å². The number of pyridine rings is 1. The summed E-state index contributed by atoms with van der Waals surface area (Å²) in [6.07, 6.45) is 5.18. The van der Waals surface area contributed by atoms with Crippen molar-refractivity contribution in [3.63, 3.8) is 0 Å². The number of anilines is 1. The maximum absolute atomic E-state index is 12.4. The highest BCUT2D eigenvalue weighted by Crippen LogP contribution is 2.27. The lowest BCUT2D eigenvalue weighted by Gasteiger charge is -2.30. The molecule has 0 radical (unpaired) electrons. The van der Waals surface area contributed by atoms with E-state index in [1.165, 1.54) is 11.5 Å². The molecule has 1 aliphatic heterocycles. The Morgan fingerprint density at radius 3 is 2.70 bits per heavy atom. The number of amides is 1. The molecule has 1 aromatic carbocycles. The van der Waals surface area contributed by atoms with E-state index in [0.717, 1.165) is 48.0 Å². The van der Waals surface area contributed by atoms with Gasteiger partial charge in [0.05, 0.1) is 0 Å². The smallest absolute Gasteiger partial charge is 0.223 e. The highest BCUT2D eigenvalue weighted by Gasteiger charge is 2.26. The van der Waals surface area contributed by atoms with Crippen LogP contribution in [0.4, 0.5) is 5.13 Å². The summed E-state index contributed by atoms with van der Waals surface area (Å²) < 4.78 is 4.48. The molecule has 1 N–H and O–H groups in total. The van der Waals surface area contributed by atoms with Gasteiger partial charge in [0.15, 0.2) is 5.82 Å². The number of nitrogens with one attached hydrogen (secondary N) is 1. The highest BCUT2D eigenvalue weighted by molar-refractivity contribution is 7.09. The molecule has 0 bridgehead atoms. The van der Waals surface area contributed by atoms with Crippen molar-refractivity contribution >= 4 is 22.6 Å². The number of aromatic nitrogens is 3. The van der Waals surface area contributed by atoms with E-state index >= 15 is 0 Å². The minimum Gasteiger partial charge on any atom is -0.352 e. The molecule has 4 rings (SSSR count). The van der Waals surface area contributed by atoms with Crippen LogP contribution in [0.25, 0.3) is 11.4 Å². The van der Waals surface area contributed by atoms with Crippen molar-refractivity contribution in [2.24, 2.45) is 5.92 Å².